The highest BCUT2D eigenvalue weighted by Gasteiger charge is 2.36. The number of ether oxygens (including phenoxy) is 1. The molecule has 3 rings (SSSR count). The molecule has 0 atom stereocenters. The monoisotopic (exact) mass is 330 g/mol. The Labute approximate surface area is 145 Å². The maximum absolute atomic E-state index is 12.4. The Morgan fingerprint density at radius 2 is 1.79 bits per heavy atom. The number of hydrogen-bond acceptors (Lipinski definition) is 3. The molecule has 0 bridgehead atoms. The molecule has 2 aliphatic rings. The molecule has 0 radical (unpaired) electrons. The number of nitrogens with one attached hydrogen (secondary N) is 1. The van der Waals surface area contributed by atoms with Gasteiger partial charge < -0.3 is 15.0 Å². The van der Waals surface area contributed by atoms with Crippen molar-refractivity contribution in [3.05, 3.63) is 24.3 Å². The van der Waals surface area contributed by atoms with Gasteiger partial charge in [0.25, 0.3) is 0 Å². The molecule has 24 heavy (non-hydrogen) atoms. The highest BCUT2D eigenvalue weighted by Crippen LogP contribution is 2.38. The normalized spacial score (nSPS) is 20.2. The Morgan fingerprint density at radius 3 is 2.46 bits per heavy atom. The number of carbonyl (C=O) groups is 1. The van der Waals surface area contributed by atoms with Crippen LogP contribution < -0.4 is 10.1 Å². The van der Waals surface area contributed by atoms with E-state index in [1.807, 2.05) is 24.3 Å². The third-order valence-corrected chi connectivity index (χ3v) is 5.45. The van der Waals surface area contributed by atoms with E-state index in [1.165, 1.54) is 25.9 Å². The van der Waals surface area contributed by atoms with Gasteiger partial charge in [0.1, 0.15) is 5.75 Å². The standard InChI is InChI=1S/C20H30N2O2/c1-20(11-2-3-12-20)19(23)21-17-7-9-18(10-8-17)24-16-6-15-22-13-4-5-14-22/h7-10H,2-6,11-16H2,1H3,(H,21,23). The second kappa shape index (κ2) is 8.02. The summed E-state index contributed by atoms with van der Waals surface area (Å²) in [4.78, 5) is 14.9. The Balaban J connectivity index is 1.40. The molecule has 132 valence electrons. The van der Waals surface area contributed by atoms with Gasteiger partial charge in [-0.2, -0.15) is 0 Å². The van der Waals surface area contributed by atoms with Gasteiger partial charge in [-0.25, -0.2) is 0 Å². The van der Waals surface area contributed by atoms with Crippen molar-refractivity contribution in [2.75, 3.05) is 31.6 Å². The van der Waals surface area contributed by atoms with Gasteiger partial charge in [0.15, 0.2) is 0 Å². The average Bonchev–Trinajstić information content (AvgIpc) is 3.25. The van der Waals surface area contributed by atoms with Gasteiger partial charge in [-0.05, 0) is 69.5 Å². The molecular weight excluding hydrogens is 300 g/mol. The summed E-state index contributed by atoms with van der Waals surface area (Å²) >= 11 is 0. The van der Waals surface area contributed by atoms with Crippen LogP contribution in [-0.2, 0) is 4.79 Å². The van der Waals surface area contributed by atoms with Crippen molar-refractivity contribution in [2.24, 2.45) is 5.41 Å². The first-order valence-corrected chi connectivity index (χ1v) is 9.42. The van der Waals surface area contributed by atoms with Crippen molar-refractivity contribution in [1.29, 1.82) is 0 Å². The summed E-state index contributed by atoms with van der Waals surface area (Å²) in [6.07, 6.45) is 8.06. The SMILES string of the molecule is CC1(C(=O)Nc2ccc(OCCCN3CCCC3)cc2)CCCC1. The van der Waals surface area contributed by atoms with E-state index in [2.05, 4.69) is 17.1 Å². The maximum atomic E-state index is 12.4. The van der Waals surface area contributed by atoms with Crippen LogP contribution in [-0.4, -0.2) is 37.0 Å². The zero-order chi connectivity index (χ0) is 16.8. The van der Waals surface area contributed by atoms with Crippen molar-refractivity contribution >= 4 is 11.6 Å². The van der Waals surface area contributed by atoms with Gasteiger partial charge >= 0.3 is 0 Å². The van der Waals surface area contributed by atoms with E-state index in [4.69, 9.17) is 4.74 Å². The summed E-state index contributed by atoms with van der Waals surface area (Å²) in [5, 5.41) is 3.05. The molecule has 1 aromatic rings. The Morgan fingerprint density at radius 1 is 1.12 bits per heavy atom. The Bertz CT molecular complexity index is 529. The number of rotatable bonds is 7. The quantitative estimate of drug-likeness (QED) is 0.766. The lowest BCUT2D eigenvalue weighted by Gasteiger charge is -2.22. The van der Waals surface area contributed by atoms with E-state index in [0.29, 0.717) is 0 Å². The molecule has 1 saturated heterocycles. The lowest BCUT2D eigenvalue weighted by molar-refractivity contribution is -0.124. The van der Waals surface area contributed by atoms with Crippen LogP contribution in [0.1, 0.15) is 51.9 Å². The summed E-state index contributed by atoms with van der Waals surface area (Å²) in [6, 6.07) is 7.77. The number of carbonyl (C=O) groups excluding carboxylic acids is 1. The first kappa shape index (κ1) is 17.3. The number of nitrogens with zero attached hydrogens (tertiary/aromatic N) is 1. The lowest BCUT2D eigenvalue weighted by atomic mass is 9.88. The Kier molecular flexibility index (Phi) is 5.77. The molecule has 1 aliphatic heterocycles. The fourth-order valence-corrected chi connectivity index (χ4v) is 3.78. The van der Waals surface area contributed by atoms with E-state index in [9.17, 15) is 4.79 Å². The fraction of sp³-hybridized carbons (Fsp3) is 0.650. The first-order chi connectivity index (χ1) is 11.7. The van der Waals surface area contributed by atoms with Crippen LogP contribution in [0.15, 0.2) is 24.3 Å². The minimum atomic E-state index is -0.190. The summed E-state index contributed by atoms with van der Waals surface area (Å²) < 4.78 is 5.81. The summed E-state index contributed by atoms with van der Waals surface area (Å²) in [7, 11) is 0. The largest absolute Gasteiger partial charge is 0.494 e. The predicted molar refractivity (Wildman–Crippen MR) is 97.4 cm³/mol. The predicted octanol–water partition coefficient (Wildman–Crippen LogP) is 4.07. The number of anilines is 1. The highest BCUT2D eigenvalue weighted by atomic mass is 16.5. The zero-order valence-electron chi connectivity index (χ0n) is 14.9. The van der Waals surface area contributed by atoms with Crippen LogP contribution in [0.25, 0.3) is 0 Å². The molecule has 1 aliphatic carbocycles. The van der Waals surface area contributed by atoms with Gasteiger partial charge in [0, 0.05) is 17.6 Å². The molecule has 0 unspecified atom stereocenters. The number of amides is 1. The van der Waals surface area contributed by atoms with E-state index >= 15 is 0 Å². The van der Waals surface area contributed by atoms with Gasteiger partial charge in [0.2, 0.25) is 5.91 Å². The second-order valence-electron chi connectivity index (χ2n) is 7.50. The molecule has 1 heterocycles. The van der Waals surface area contributed by atoms with Crippen LogP contribution >= 0.6 is 0 Å². The summed E-state index contributed by atoms with van der Waals surface area (Å²) in [6.45, 7) is 6.45. The van der Waals surface area contributed by atoms with Gasteiger partial charge in [-0.15, -0.1) is 0 Å². The van der Waals surface area contributed by atoms with E-state index in [1.54, 1.807) is 0 Å². The number of hydrogen-bond donors (Lipinski definition) is 1. The minimum absolute atomic E-state index is 0.152. The summed E-state index contributed by atoms with van der Waals surface area (Å²) in [5.74, 6) is 1.03. The van der Waals surface area contributed by atoms with Crippen molar-refractivity contribution in [3.8, 4) is 5.75 Å². The van der Waals surface area contributed by atoms with Gasteiger partial charge in [-0.3, -0.25) is 4.79 Å². The van der Waals surface area contributed by atoms with Crippen LogP contribution in [0, 0.1) is 5.41 Å². The van der Waals surface area contributed by atoms with E-state index < -0.39 is 0 Å². The van der Waals surface area contributed by atoms with Crippen molar-refractivity contribution in [3.63, 3.8) is 0 Å². The molecule has 0 spiro atoms. The van der Waals surface area contributed by atoms with Gasteiger partial charge in [-0.1, -0.05) is 19.8 Å². The van der Waals surface area contributed by atoms with Crippen molar-refractivity contribution in [1.82, 2.24) is 4.90 Å². The van der Waals surface area contributed by atoms with Crippen LogP contribution in [0.3, 0.4) is 0 Å². The third kappa shape index (κ3) is 4.50. The van der Waals surface area contributed by atoms with Crippen LogP contribution in [0.4, 0.5) is 5.69 Å². The molecule has 1 aromatic carbocycles. The molecular formula is C20H30N2O2. The zero-order valence-corrected chi connectivity index (χ0v) is 14.9. The number of benzene rings is 1. The Hall–Kier alpha value is -1.55. The van der Waals surface area contributed by atoms with Crippen LogP contribution in [0.5, 0.6) is 5.75 Å². The highest BCUT2D eigenvalue weighted by molar-refractivity contribution is 5.95. The van der Waals surface area contributed by atoms with Crippen LogP contribution in [0.2, 0.25) is 0 Å². The van der Waals surface area contributed by atoms with Crippen molar-refractivity contribution < 1.29 is 9.53 Å². The van der Waals surface area contributed by atoms with Gasteiger partial charge in [0.05, 0.1) is 6.61 Å². The first-order valence-electron chi connectivity index (χ1n) is 9.42. The molecule has 0 aromatic heterocycles. The third-order valence-electron chi connectivity index (χ3n) is 5.45. The molecule has 4 nitrogen and oxygen atoms in total. The lowest BCUT2D eigenvalue weighted by Crippen LogP contribution is -2.30. The van der Waals surface area contributed by atoms with E-state index in [0.717, 1.165) is 56.7 Å². The topological polar surface area (TPSA) is 41.6 Å². The smallest absolute Gasteiger partial charge is 0.230 e. The maximum Gasteiger partial charge on any atom is 0.230 e. The fourth-order valence-electron chi connectivity index (χ4n) is 3.78. The molecule has 1 saturated carbocycles. The molecule has 4 heteroatoms. The molecule has 2 fully saturated rings. The summed E-state index contributed by atoms with van der Waals surface area (Å²) in [5.41, 5.74) is 0.669. The second-order valence-corrected chi connectivity index (χ2v) is 7.50. The minimum Gasteiger partial charge on any atom is -0.494 e. The molecule has 1 amide bonds. The van der Waals surface area contributed by atoms with Crippen molar-refractivity contribution in [2.45, 2.75) is 51.9 Å². The molecule has 1 N–H and O–H groups in total. The van der Waals surface area contributed by atoms with E-state index in [-0.39, 0.29) is 11.3 Å². The number of likely N-dealkylation sites (tertiary alicyclic amines) is 1. The average molecular weight is 330 g/mol.